The lowest BCUT2D eigenvalue weighted by molar-refractivity contribution is 0.0615. The number of piperazine rings is 1. The molecule has 0 N–H and O–H groups in total. The maximum Gasteiger partial charge on any atom is 0.173 e. The van der Waals surface area contributed by atoms with E-state index in [0.29, 0.717) is 6.04 Å². The van der Waals surface area contributed by atoms with Crippen LogP contribution in [0.3, 0.4) is 0 Å². The number of hydrogen-bond donors (Lipinski definition) is 0. The van der Waals surface area contributed by atoms with Crippen LogP contribution in [-0.4, -0.2) is 62.2 Å². The van der Waals surface area contributed by atoms with Crippen molar-refractivity contribution in [3.63, 3.8) is 0 Å². The summed E-state index contributed by atoms with van der Waals surface area (Å²) in [6.07, 6.45) is 11.9. The molecule has 2 aliphatic carbocycles. The van der Waals surface area contributed by atoms with Gasteiger partial charge in [0, 0.05) is 37.2 Å². The van der Waals surface area contributed by atoms with E-state index >= 15 is 0 Å². The maximum atomic E-state index is 6.20. The third kappa shape index (κ3) is 4.27. The van der Waals surface area contributed by atoms with Crippen molar-refractivity contribution in [1.82, 2.24) is 30.0 Å². The van der Waals surface area contributed by atoms with Crippen molar-refractivity contribution in [1.29, 1.82) is 0 Å². The molecule has 2 aromatic rings. The second-order valence-electron chi connectivity index (χ2n) is 9.24. The normalized spacial score (nSPS) is 23.8. The molecule has 0 spiro atoms. The van der Waals surface area contributed by atoms with Gasteiger partial charge in [0.15, 0.2) is 5.82 Å². The van der Waals surface area contributed by atoms with Crippen molar-refractivity contribution < 1.29 is 0 Å². The molecule has 5 rings (SSSR count). The second kappa shape index (κ2) is 9.33. The summed E-state index contributed by atoms with van der Waals surface area (Å²) in [7, 11) is 0. The Hall–Kier alpha value is -1.50. The number of hydrogen-bond acceptors (Lipinski definition) is 5. The lowest BCUT2D eigenvalue weighted by atomic mass is 9.93. The Morgan fingerprint density at radius 1 is 0.800 bits per heavy atom. The van der Waals surface area contributed by atoms with Gasteiger partial charge in [-0.05, 0) is 53.8 Å². The fourth-order valence-electron chi connectivity index (χ4n) is 5.76. The Morgan fingerprint density at radius 2 is 1.43 bits per heavy atom. The smallest absolute Gasteiger partial charge is 0.173 e. The summed E-state index contributed by atoms with van der Waals surface area (Å²) in [6.45, 7) is 4.39. The molecule has 2 saturated carbocycles. The van der Waals surface area contributed by atoms with Gasteiger partial charge in [0.1, 0.15) is 0 Å². The molecule has 6 nitrogen and oxygen atoms in total. The highest BCUT2D eigenvalue weighted by Gasteiger charge is 2.34. The van der Waals surface area contributed by atoms with E-state index in [0.717, 1.165) is 43.1 Å². The van der Waals surface area contributed by atoms with Gasteiger partial charge >= 0.3 is 0 Å². The number of tetrazole rings is 1. The van der Waals surface area contributed by atoms with Crippen LogP contribution in [0.5, 0.6) is 0 Å². The van der Waals surface area contributed by atoms with Crippen molar-refractivity contribution in [3.8, 4) is 0 Å². The van der Waals surface area contributed by atoms with Crippen molar-refractivity contribution in [2.45, 2.75) is 75.9 Å². The summed E-state index contributed by atoms with van der Waals surface area (Å²) in [5.74, 6) is 0.996. The fraction of sp³-hybridized carbons (Fsp3) is 0.696. The van der Waals surface area contributed by atoms with Crippen molar-refractivity contribution in [2.24, 2.45) is 0 Å². The molecule has 162 valence electrons. The zero-order valence-electron chi connectivity index (χ0n) is 17.8. The van der Waals surface area contributed by atoms with Crippen molar-refractivity contribution >= 4 is 11.6 Å². The first kappa shape index (κ1) is 20.4. The number of halogens is 1. The third-order valence-electron chi connectivity index (χ3n) is 7.42. The summed E-state index contributed by atoms with van der Waals surface area (Å²) in [6, 6.07) is 9.60. The van der Waals surface area contributed by atoms with Crippen LogP contribution < -0.4 is 0 Å². The van der Waals surface area contributed by atoms with Crippen LogP contribution in [-0.2, 0) is 0 Å². The summed E-state index contributed by atoms with van der Waals surface area (Å²) in [5, 5.41) is 13.9. The predicted octanol–water partition coefficient (Wildman–Crippen LogP) is 4.48. The van der Waals surface area contributed by atoms with E-state index in [1.807, 2.05) is 12.1 Å². The Morgan fingerprint density at radius 3 is 2.13 bits per heavy atom. The third-order valence-corrected chi connectivity index (χ3v) is 7.68. The molecule has 1 atom stereocenters. The van der Waals surface area contributed by atoms with Crippen molar-refractivity contribution in [2.75, 3.05) is 26.2 Å². The van der Waals surface area contributed by atoms with Crippen LogP contribution >= 0.6 is 11.6 Å². The van der Waals surface area contributed by atoms with Gasteiger partial charge in [0.2, 0.25) is 0 Å². The van der Waals surface area contributed by atoms with E-state index in [1.54, 1.807) is 0 Å². The quantitative estimate of drug-likeness (QED) is 0.702. The molecule has 1 aromatic heterocycles. The van der Waals surface area contributed by atoms with Crippen LogP contribution in [0.25, 0.3) is 0 Å². The van der Waals surface area contributed by atoms with Crippen LogP contribution in [0.4, 0.5) is 0 Å². The Bertz CT molecular complexity index is 801. The highest BCUT2D eigenvalue weighted by atomic mass is 35.5. The van der Waals surface area contributed by atoms with Gasteiger partial charge in [-0.15, -0.1) is 5.10 Å². The lowest BCUT2D eigenvalue weighted by Gasteiger charge is -2.43. The van der Waals surface area contributed by atoms with Gasteiger partial charge in [-0.1, -0.05) is 55.8 Å². The number of benzene rings is 1. The molecular weight excluding hydrogens is 396 g/mol. The molecule has 30 heavy (non-hydrogen) atoms. The van der Waals surface area contributed by atoms with Crippen LogP contribution in [0.2, 0.25) is 5.02 Å². The van der Waals surface area contributed by atoms with E-state index in [1.165, 1.54) is 63.4 Å². The minimum Gasteiger partial charge on any atom is -0.298 e. The summed E-state index contributed by atoms with van der Waals surface area (Å²) < 4.78 is 2.12. The van der Waals surface area contributed by atoms with E-state index in [-0.39, 0.29) is 6.04 Å². The van der Waals surface area contributed by atoms with E-state index < -0.39 is 0 Å². The number of nitrogens with zero attached hydrogens (tertiary/aromatic N) is 6. The average Bonchev–Trinajstić information content (AvgIpc) is 3.48. The molecule has 1 aromatic carbocycles. The van der Waals surface area contributed by atoms with Gasteiger partial charge in [-0.25, -0.2) is 4.68 Å². The zero-order chi connectivity index (χ0) is 20.3. The standard InChI is InChI=1S/C23H33ClN6/c24-19-12-10-18(11-13-19)22(23-25-26-27-30(23)21-8-4-5-9-21)29-16-14-28(15-17-29)20-6-2-1-3-7-20/h10-13,20-22H,1-9,14-17H2/t22-/m0/s1. The Labute approximate surface area is 184 Å². The largest absolute Gasteiger partial charge is 0.298 e. The van der Waals surface area contributed by atoms with Crippen LogP contribution in [0.1, 0.15) is 81.3 Å². The summed E-state index contributed by atoms with van der Waals surface area (Å²) in [5.41, 5.74) is 1.24. The van der Waals surface area contributed by atoms with Crippen LogP contribution in [0, 0.1) is 0 Å². The molecule has 1 aliphatic heterocycles. The van der Waals surface area contributed by atoms with E-state index in [2.05, 4.69) is 42.1 Å². The highest BCUT2D eigenvalue weighted by molar-refractivity contribution is 6.30. The van der Waals surface area contributed by atoms with Gasteiger partial charge in [0.25, 0.3) is 0 Å². The molecular formula is C23H33ClN6. The second-order valence-corrected chi connectivity index (χ2v) is 9.67. The first-order chi connectivity index (χ1) is 14.8. The minimum absolute atomic E-state index is 0.0892. The minimum atomic E-state index is 0.0892. The van der Waals surface area contributed by atoms with Gasteiger partial charge < -0.3 is 0 Å². The molecule has 7 heteroatoms. The van der Waals surface area contributed by atoms with E-state index in [9.17, 15) is 0 Å². The molecule has 3 aliphatic rings. The Kier molecular flexibility index (Phi) is 6.34. The molecule has 0 amide bonds. The molecule has 0 radical (unpaired) electrons. The van der Waals surface area contributed by atoms with Gasteiger partial charge in [-0.2, -0.15) is 0 Å². The van der Waals surface area contributed by atoms with E-state index in [4.69, 9.17) is 11.6 Å². The highest BCUT2D eigenvalue weighted by Crippen LogP contribution is 2.35. The van der Waals surface area contributed by atoms with Gasteiger partial charge in [0.05, 0.1) is 12.1 Å². The number of aromatic nitrogens is 4. The molecule has 2 heterocycles. The molecule has 0 bridgehead atoms. The molecule has 1 saturated heterocycles. The summed E-state index contributed by atoms with van der Waals surface area (Å²) in [4.78, 5) is 5.31. The van der Waals surface area contributed by atoms with Gasteiger partial charge in [-0.3, -0.25) is 9.80 Å². The molecule has 0 unspecified atom stereocenters. The predicted molar refractivity (Wildman–Crippen MR) is 119 cm³/mol. The van der Waals surface area contributed by atoms with Crippen molar-refractivity contribution in [3.05, 3.63) is 40.7 Å². The number of rotatable bonds is 5. The SMILES string of the molecule is Clc1ccc([C@@H](c2nnnn2C2CCCC2)N2CCN(C3CCCCC3)CC2)cc1. The van der Waals surface area contributed by atoms with Crippen LogP contribution in [0.15, 0.2) is 24.3 Å². The lowest BCUT2D eigenvalue weighted by Crippen LogP contribution is -2.52. The first-order valence-electron chi connectivity index (χ1n) is 11.8. The first-order valence-corrected chi connectivity index (χ1v) is 12.2. The zero-order valence-corrected chi connectivity index (χ0v) is 18.6. The topological polar surface area (TPSA) is 50.1 Å². The Balaban J connectivity index is 1.39. The molecule has 3 fully saturated rings. The summed E-state index contributed by atoms with van der Waals surface area (Å²) >= 11 is 6.20. The monoisotopic (exact) mass is 428 g/mol. The average molecular weight is 429 g/mol. The maximum absolute atomic E-state index is 6.20. The fourth-order valence-corrected chi connectivity index (χ4v) is 5.89.